The quantitative estimate of drug-likeness (QED) is 0.225. The van der Waals surface area contributed by atoms with Crippen LogP contribution in [0.5, 0.6) is 0 Å². The molecule has 0 saturated heterocycles. The molecule has 31 heavy (non-hydrogen) atoms. The van der Waals surface area contributed by atoms with Crippen LogP contribution in [0.25, 0.3) is 12.2 Å². The summed E-state index contributed by atoms with van der Waals surface area (Å²) < 4.78 is 3.53. The molecular formula is C28H43N3+2. The topological polar surface area (TPSA) is 7.12 Å². The van der Waals surface area contributed by atoms with E-state index in [4.69, 9.17) is 0 Å². The van der Waals surface area contributed by atoms with Crippen LogP contribution in [0.15, 0.2) is 60.9 Å². The molecule has 0 atom stereocenters. The lowest BCUT2D eigenvalue weighted by Crippen LogP contribution is -2.49. The highest BCUT2D eigenvalue weighted by Gasteiger charge is 2.20. The summed E-state index contributed by atoms with van der Waals surface area (Å²) in [5.74, 6) is 0. The third-order valence-corrected chi connectivity index (χ3v) is 6.69. The first-order chi connectivity index (χ1) is 15.1. The number of rotatable bonds is 13. The molecular weight excluding hydrogens is 378 g/mol. The minimum Gasteiger partial charge on any atom is -0.372 e. The van der Waals surface area contributed by atoms with E-state index in [1.165, 1.54) is 53.9 Å². The van der Waals surface area contributed by atoms with Gasteiger partial charge in [-0.05, 0) is 57.9 Å². The van der Waals surface area contributed by atoms with Gasteiger partial charge in [-0.3, -0.25) is 0 Å². The van der Waals surface area contributed by atoms with Crippen LogP contribution >= 0.6 is 0 Å². The number of aromatic nitrogens is 1. The summed E-state index contributed by atoms with van der Waals surface area (Å²) in [7, 11) is 0. The minimum absolute atomic E-state index is 1.04. The average Bonchev–Trinajstić information content (AvgIpc) is 2.82. The van der Waals surface area contributed by atoms with Crippen molar-refractivity contribution in [2.24, 2.45) is 0 Å². The van der Waals surface area contributed by atoms with Gasteiger partial charge < -0.3 is 9.38 Å². The lowest BCUT2D eigenvalue weighted by atomic mass is 10.1. The second-order valence-electron chi connectivity index (χ2n) is 8.22. The van der Waals surface area contributed by atoms with Crippen LogP contribution in [0.2, 0.25) is 0 Å². The first-order valence-corrected chi connectivity index (χ1v) is 12.1. The maximum Gasteiger partial charge on any atom is 0.169 e. The Balaban J connectivity index is 1.84. The van der Waals surface area contributed by atoms with Crippen LogP contribution in [0.3, 0.4) is 0 Å². The van der Waals surface area contributed by atoms with Crippen molar-refractivity contribution in [3.63, 3.8) is 0 Å². The number of aryl methyl sites for hydroxylation is 1. The largest absolute Gasteiger partial charge is 0.372 e. The van der Waals surface area contributed by atoms with E-state index in [9.17, 15) is 0 Å². The number of benzene rings is 1. The molecule has 0 unspecified atom stereocenters. The highest BCUT2D eigenvalue weighted by atomic mass is 15.3. The van der Waals surface area contributed by atoms with Gasteiger partial charge in [0.1, 0.15) is 0 Å². The normalized spacial score (nSPS) is 12.2. The number of quaternary nitrogens is 1. The zero-order valence-electron chi connectivity index (χ0n) is 20.4. The summed E-state index contributed by atoms with van der Waals surface area (Å²) in [4.78, 5) is 2.36. The van der Waals surface area contributed by atoms with E-state index in [2.05, 4.69) is 117 Å². The number of hydrogen-bond acceptors (Lipinski definition) is 1. The van der Waals surface area contributed by atoms with Gasteiger partial charge in [0.15, 0.2) is 18.9 Å². The predicted molar refractivity (Wildman–Crippen MR) is 136 cm³/mol. The number of allylic oxidation sites excluding steroid dienone is 2. The molecule has 1 aromatic carbocycles. The van der Waals surface area contributed by atoms with Gasteiger partial charge in [0.25, 0.3) is 0 Å². The number of pyridine rings is 1. The number of anilines is 1. The minimum atomic E-state index is 1.04. The van der Waals surface area contributed by atoms with Crippen LogP contribution in [-0.2, 0) is 6.54 Å². The van der Waals surface area contributed by atoms with E-state index in [0.29, 0.717) is 0 Å². The van der Waals surface area contributed by atoms with Gasteiger partial charge in [-0.1, -0.05) is 36.4 Å². The molecule has 168 valence electrons. The summed E-state index contributed by atoms with van der Waals surface area (Å²) in [5, 5.41) is 0. The molecule has 0 amide bonds. The fourth-order valence-electron chi connectivity index (χ4n) is 4.18. The van der Waals surface area contributed by atoms with Crippen molar-refractivity contribution in [1.82, 2.24) is 0 Å². The molecule has 0 spiro atoms. The van der Waals surface area contributed by atoms with Gasteiger partial charge in [-0.2, -0.15) is 0 Å². The van der Waals surface area contributed by atoms with E-state index < -0.39 is 0 Å². The monoisotopic (exact) mass is 421 g/mol. The van der Waals surface area contributed by atoms with E-state index in [0.717, 1.165) is 19.6 Å². The van der Waals surface area contributed by atoms with Crippen molar-refractivity contribution in [1.29, 1.82) is 0 Å². The molecule has 0 N–H and O–H groups in total. The van der Waals surface area contributed by atoms with Gasteiger partial charge in [-0.25, -0.2) is 4.57 Å². The molecule has 1 heterocycles. The molecule has 0 aliphatic rings. The molecule has 1 aromatic heterocycles. The van der Waals surface area contributed by atoms with E-state index in [1.54, 1.807) is 0 Å². The van der Waals surface area contributed by atoms with Gasteiger partial charge in [-0.15, -0.1) is 0 Å². The Kier molecular flexibility index (Phi) is 10.5. The lowest BCUT2D eigenvalue weighted by molar-refractivity contribution is -0.925. The Morgan fingerprint density at radius 3 is 1.74 bits per heavy atom. The van der Waals surface area contributed by atoms with Crippen LogP contribution in [-0.4, -0.2) is 43.8 Å². The smallest absolute Gasteiger partial charge is 0.169 e. The SMILES string of the molecule is CCN(CC)c1ccc(/C=C/C=C/c2cc[n+](CCC[N+](CC)(CC)CC)cc2)cc1. The molecule has 0 fully saturated rings. The van der Waals surface area contributed by atoms with E-state index >= 15 is 0 Å². The average molecular weight is 422 g/mol. The maximum absolute atomic E-state index is 2.36. The van der Waals surface area contributed by atoms with Gasteiger partial charge in [0, 0.05) is 30.9 Å². The maximum atomic E-state index is 2.36. The third kappa shape index (κ3) is 7.66. The Labute approximate surface area is 190 Å². The van der Waals surface area contributed by atoms with Crippen molar-refractivity contribution in [3.8, 4) is 0 Å². The summed E-state index contributed by atoms with van der Waals surface area (Å²) in [6.45, 7) is 19.5. The van der Waals surface area contributed by atoms with Crippen molar-refractivity contribution in [2.75, 3.05) is 44.2 Å². The summed E-state index contributed by atoms with van der Waals surface area (Å²) >= 11 is 0. The first-order valence-electron chi connectivity index (χ1n) is 12.1. The molecule has 0 aliphatic carbocycles. The molecule has 3 nitrogen and oxygen atoms in total. The van der Waals surface area contributed by atoms with Crippen LogP contribution in [0.1, 0.15) is 52.2 Å². The van der Waals surface area contributed by atoms with Gasteiger partial charge in [0.05, 0.1) is 32.6 Å². The number of nitrogens with zero attached hydrogens (tertiary/aromatic N) is 3. The fraction of sp³-hybridized carbons (Fsp3) is 0.464. The summed E-state index contributed by atoms with van der Waals surface area (Å²) in [6.07, 6.45) is 14.2. The lowest BCUT2D eigenvalue weighted by Gasteiger charge is -2.35. The highest BCUT2D eigenvalue weighted by molar-refractivity contribution is 5.59. The zero-order valence-corrected chi connectivity index (χ0v) is 20.4. The molecule has 2 aromatic rings. The Morgan fingerprint density at radius 2 is 1.26 bits per heavy atom. The molecule has 0 radical (unpaired) electrons. The Morgan fingerprint density at radius 1 is 0.742 bits per heavy atom. The Hall–Kier alpha value is -2.39. The molecule has 3 heteroatoms. The molecule has 0 aliphatic heterocycles. The molecule has 0 saturated carbocycles. The van der Waals surface area contributed by atoms with Crippen molar-refractivity contribution >= 4 is 17.8 Å². The Bertz CT molecular complexity index is 787. The molecule has 2 rings (SSSR count). The molecule has 0 bridgehead atoms. The third-order valence-electron chi connectivity index (χ3n) is 6.69. The zero-order chi connectivity index (χ0) is 22.5. The predicted octanol–water partition coefficient (Wildman–Crippen LogP) is 5.81. The van der Waals surface area contributed by atoms with E-state index in [1.807, 2.05) is 0 Å². The van der Waals surface area contributed by atoms with Crippen molar-refractivity contribution < 1.29 is 9.05 Å². The van der Waals surface area contributed by atoms with Crippen LogP contribution in [0.4, 0.5) is 5.69 Å². The second-order valence-corrected chi connectivity index (χ2v) is 8.22. The van der Waals surface area contributed by atoms with Crippen molar-refractivity contribution in [3.05, 3.63) is 72.1 Å². The summed E-state index contributed by atoms with van der Waals surface area (Å²) in [6, 6.07) is 13.2. The van der Waals surface area contributed by atoms with Crippen molar-refractivity contribution in [2.45, 2.75) is 47.6 Å². The van der Waals surface area contributed by atoms with Gasteiger partial charge >= 0.3 is 0 Å². The summed E-state index contributed by atoms with van der Waals surface area (Å²) in [5.41, 5.74) is 3.75. The second kappa shape index (κ2) is 13.1. The van der Waals surface area contributed by atoms with E-state index in [-0.39, 0.29) is 0 Å². The van der Waals surface area contributed by atoms with Crippen LogP contribution < -0.4 is 9.47 Å². The first kappa shape index (κ1) is 24.9. The number of hydrogen-bond donors (Lipinski definition) is 0. The van der Waals surface area contributed by atoms with Crippen LogP contribution in [0, 0.1) is 0 Å². The fourth-order valence-corrected chi connectivity index (χ4v) is 4.18. The standard InChI is InChI=1S/C28H43N3/c1-6-30(7-2)28-18-16-26(17-19-28)14-11-12-15-27-20-23-29(24-21-27)22-13-25-31(8-3,9-4)10-5/h11-12,14-21,23-24H,6-10,13,22,25H2,1-5H3/q+2. The highest BCUT2D eigenvalue weighted by Crippen LogP contribution is 2.15. The van der Waals surface area contributed by atoms with Gasteiger partial charge in [0.2, 0.25) is 0 Å².